The van der Waals surface area contributed by atoms with E-state index in [-0.39, 0.29) is 6.10 Å². The molecule has 0 spiro atoms. The van der Waals surface area contributed by atoms with E-state index in [0.717, 1.165) is 25.7 Å². The first-order valence-electron chi connectivity index (χ1n) is 4.75. The fourth-order valence-electron chi connectivity index (χ4n) is 0.981. The molecule has 0 aromatic heterocycles. The number of hydrogen-bond acceptors (Lipinski definition) is 2. The van der Waals surface area contributed by atoms with Gasteiger partial charge in [-0.15, -0.1) is 0 Å². The monoisotopic (exact) mass is 172 g/mol. The Morgan fingerprint density at radius 3 is 2.58 bits per heavy atom. The molecule has 0 radical (unpaired) electrons. The molecule has 0 saturated heterocycles. The Kier molecular flexibility index (Phi) is 7.06. The van der Waals surface area contributed by atoms with Crippen molar-refractivity contribution in [2.45, 2.75) is 52.1 Å². The van der Waals surface area contributed by atoms with Gasteiger partial charge in [-0.3, -0.25) is 4.79 Å². The van der Waals surface area contributed by atoms with E-state index in [4.69, 9.17) is 4.74 Å². The first kappa shape index (κ1) is 11.6. The van der Waals surface area contributed by atoms with Gasteiger partial charge in [0.05, 0.1) is 6.10 Å². The maximum atomic E-state index is 11.2. The number of carbonyl (C=O) groups is 1. The van der Waals surface area contributed by atoms with Gasteiger partial charge in [-0.25, -0.2) is 0 Å². The van der Waals surface area contributed by atoms with E-state index in [1.807, 2.05) is 6.92 Å². The predicted molar refractivity (Wildman–Crippen MR) is 50.2 cm³/mol. The Hall–Kier alpha value is -0.370. The van der Waals surface area contributed by atoms with E-state index < -0.39 is 0 Å². The molecule has 0 saturated carbocycles. The minimum Gasteiger partial charge on any atom is -0.382 e. The SMILES string of the molecule is CCCCC(=O)CCC(C)OC. The van der Waals surface area contributed by atoms with Crippen LogP contribution in [0.1, 0.15) is 46.0 Å². The van der Waals surface area contributed by atoms with Crippen molar-refractivity contribution in [1.82, 2.24) is 0 Å². The summed E-state index contributed by atoms with van der Waals surface area (Å²) >= 11 is 0. The van der Waals surface area contributed by atoms with Gasteiger partial charge < -0.3 is 4.74 Å². The molecule has 0 heterocycles. The van der Waals surface area contributed by atoms with Crippen molar-refractivity contribution < 1.29 is 9.53 Å². The minimum atomic E-state index is 0.218. The minimum absolute atomic E-state index is 0.218. The Morgan fingerprint density at radius 1 is 1.42 bits per heavy atom. The van der Waals surface area contributed by atoms with Crippen molar-refractivity contribution in [2.24, 2.45) is 0 Å². The standard InChI is InChI=1S/C10H20O2/c1-4-5-6-10(11)8-7-9(2)12-3/h9H,4-8H2,1-3H3. The molecular formula is C10H20O2. The zero-order valence-corrected chi connectivity index (χ0v) is 8.43. The van der Waals surface area contributed by atoms with Crippen LogP contribution in [0.2, 0.25) is 0 Å². The van der Waals surface area contributed by atoms with Crippen molar-refractivity contribution in [3.05, 3.63) is 0 Å². The predicted octanol–water partition coefficient (Wildman–Crippen LogP) is 2.56. The Bertz CT molecular complexity index is 121. The number of hydrogen-bond donors (Lipinski definition) is 0. The summed E-state index contributed by atoms with van der Waals surface area (Å²) in [6.45, 7) is 4.10. The normalized spacial score (nSPS) is 12.9. The number of carbonyl (C=O) groups excluding carboxylic acids is 1. The number of methoxy groups -OCH3 is 1. The lowest BCUT2D eigenvalue weighted by Gasteiger charge is -2.07. The fraction of sp³-hybridized carbons (Fsp3) is 0.900. The van der Waals surface area contributed by atoms with Crippen molar-refractivity contribution in [3.63, 3.8) is 0 Å². The molecule has 0 aromatic rings. The van der Waals surface area contributed by atoms with Crippen molar-refractivity contribution in [1.29, 1.82) is 0 Å². The molecule has 0 fully saturated rings. The third-order valence-corrected chi connectivity index (χ3v) is 2.04. The highest BCUT2D eigenvalue weighted by atomic mass is 16.5. The van der Waals surface area contributed by atoms with E-state index >= 15 is 0 Å². The Morgan fingerprint density at radius 2 is 2.08 bits per heavy atom. The van der Waals surface area contributed by atoms with Crippen LogP contribution in [0.5, 0.6) is 0 Å². The van der Waals surface area contributed by atoms with Gasteiger partial charge in [-0.05, 0) is 19.8 Å². The molecule has 0 N–H and O–H groups in total. The number of ether oxygens (including phenoxy) is 1. The van der Waals surface area contributed by atoms with Crippen LogP contribution in [0.25, 0.3) is 0 Å². The molecule has 1 unspecified atom stereocenters. The van der Waals surface area contributed by atoms with E-state index in [0.29, 0.717) is 12.2 Å². The molecular weight excluding hydrogens is 152 g/mol. The summed E-state index contributed by atoms with van der Waals surface area (Å²) in [5, 5.41) is 0. The van der Waals surface area contributed by atoms with Gasteiger partial charge in [-0.2, -0.15) is 0 Å². The van der Waals surface area contributed by atoms with Crippen LogP contribution >= 0.6 is 0 Å². The van der Waals surface area contributed by atoms with Gasteiger partial charge in [0, 0.05) is 20.0 Å². The van der Waals surface area contributed by atoms with Gasteiger partial charge in [0.15, 0.2) is 0 Å². The van der Waals surface area contributed by atoms with Gasteiger partial charge in [-0.1, -0.05) is 13.3 Å². The van der Waals surface area contributed by atoms with E-state index in [2.05, 4.69) is 6.92 Å². The van der Waals surface area contributed by atoms with E-state index in [9.17, 15) is 4.79 Å². The number of Topliss-reactive ketones (excluding diaryl/α,β-unsaturated/α-hetero) is 1. The molecule has 2 nitrogen and oxygen atoms in total. The van der Waals surface area contributed by atoms with Crippen molar-refractivity contribution >= 4 is 5.78 Å². The summed E-state index contributed by atoms with van der Waals surface area (Å²) in [6, 6.07) is 0. The molecule has 0 rings (SSSR count). The maximum Gasteiger partial charge on any atom is 0.133 e. The summed E-state index contributed by atoms with van der Waals surface area (Å²) in [5.74, 6) is 0.376. The van der Waals surface area contributed by atoms with Crippen LogP contribution in [-0.2, 0) is 9.53 Å². The van der Waals surface area contributed by atoms with Gasteiger partial charge in [0.1, 0.15) is 5.78 Å². The average molecular weight is 172 g/mol. The third kappa shape index (κ3) is 6.35. The molecule has 0 aromatic carbocycles. The zero-order chi connectivity index (χ0) is 9.40. The molecule has 2 heteroatoms. The van der Waals surface area contributed by atoms with Crippen LogP contribution < -0.4 is 0 Å². The average Bonchev–Trinajstić information content (AvgIpc) is 2.10. The Balaban J connectivity index is 3.31. The summed E-state index contributed by atoms with van der Waals surface area (Å²) in [5.41, 5.74) is 0. The second-order valence-electron chi connectivity index (χ2n) is 3.23. The number of ketones is 1. The smallest absolute Gasteiger partial charge is 0.133 e. The van der Waals surface area contributed by atoms with Gasteiger partial charge in [0.2, 0.25) is 0 Å². The molecule has 0 amide bonds. The third-order valence-electron chi connectivity index (χ3n) is 2.04. The first-order chi connectivity index (χ1) is 5.70. The zero-order valence-electron chi connectivity index (χ0n) is 8.43. The second-order valence-corrected chi connectivity index (χ2v) is 3.23. The molecule has 12 heavy (non-hydrogen) atoms. The molecule has 0 bridgehead atoms. The maximum absolute atomic E-state index is 11.2. The lowest BCUT2D eigenvalue weighted by Crippen LogP contribution is -2.08. The summed E-state index contributed by atoms with van der Waals surface area (Å²) in [4.78, 5) is 11.2. The highest BCUT2D eigenvalue weighted by molar-refractivity contribution is 5.78. The highest BCUT2D eigenvalue weighted by Gasteiger charge is 2.04. The molecule has 72 valence electrons. The van der Waals surface area contributed by atoms with Crippen LogP contribution in [0.15, 0.2) is 0 Å². The second kappa shape index (κ2) is 7.29. The van der Waals surface area contributed by atoms with Crippen LogP contribution in [0, 0.1) is 0 Å². The molecule has 1 atom stereocenters. The first-order valence-corrected chi connectivity index (χ1v) is 4.75. The van der Waals surface area contributed by atoms with Crippen molar-refractivity contribution in [3.8, 4) is 0 Å². The Labute approximate surface area is 75.3 Å². The summed E-state index contributed by atoms with van der Waals surface area (Å²) < 4.78 is 5.05. The van der Waals surface area contributed by atoms with E-state index in [1.54, 1.807) is 7.11 Å². The van der Waals surface area contributed by atoms with Crippen LogP contribution in [0.4, 0.5) is 0 Å². The van der Waals surface area contributed by atoms with E-state index in [1.165, 1.54) is 0 Å². The number of rotatable bonds is 7. The molecule has 0 aliphatic rings. The highest BCUT2D eigenvalue weighted by Crippen LogP contribution is 2.05. The van der Waals surface area contributed by atoms with Crippen LogP contribution in [-0.4, -0.2) is 19.0 Å². The number of unbranched alkanes of at least 4 members (excludes halogenated alkanes) is 1. The molecule has 0 aliphatic heterocycles. The van der Waals surface area contributed by atoms with Gasteiger partial charge in [0.25, 0.3) is 0 Å². The van der Waals surface area contributed by atoms with Crippen molar-refractivity contribution in [2.75, 3.05) is 7.11 Å². The lowest BCUT2D eigenvalue weighted by atomic mass is 10.1. The molecule has 0 aliphatic carbocycles. The fourth-order valence-corrected chi connectivity index (χ4v) is 0.981. The largest absolute Gasteiger partial charge is 0.382 e. The quantitative estimate of drug-likeness (QED) is 0.590. The lowest BCUT2D eigenvalue weighted by molar-refractivity contribution is -0.119. The van der Waals surface area contributed by atoms with Crippen LogP contribution in [0.3, 0.4) is 0 Å². The summed E-state index contributed by atoms with van der Waals surface area (Å²) in [6.07, 6.45) is 4.63. The summed E-state index contributed by atoms with van der Waals surface area (Å²) in [7, 11) is 1.68. The topological polar surface area (TPSA) is 26.3 Å². The van der Waals surface area contributed by atoms with Gasteiger partial charge >= 0.3 is 0 Å².